The molecule has 7 heteroatoms. The zero-order valence-electron chi connectivity index (χ0n) is 11.8. The molecule has 1 amide bonds. The number of hydrogen-bond acceptors (Lipinski definition) is 5. The predicted molar refractivity (Wildman–Crippen MR) is 74.2 cm³/mol. The molecule has 0 spiro atoms. The van der Waals surface area contributed by atoms with Crippen LogP contribution in [0.5, 0.6) is 0 Å². The van der Waals surface area contributed by atoms with E-state index in [-0.39, 0.29) is 18.2 Å². The van der Waals surface area contributed by atoms with Gasteiger partial charge in [-0.05, 0) is 19.1 Å². The second-order valence-electron chi connectivity index (χ2n) is 4.41. The number of carbonyl (C=O) groups is 2. The summed E-state index contributed by atoms with van der Waals surface area (Å²) in [6.45, 7) is 3.44. The Kier molecular flexibility index (Phi) is 6.44. The first kappa shape index (κ1) is 16.4. The monoisotopic (exact) mass is 301 g/mol. The smallest absolute Gasteiger partial charge is 0.309 e. The van der Waals surface area contributed by atoms with Crippen LogP contribution in [0.4, 0.5) is 0 Å². The maximum absolute atomic E-state index is 12.0. The van der Waals surface area contributed by atoms with E-state index in [1.807, 2.05) is 0 Å². The molecule has 1 heterocycles. The molecular weight excluding hydrogens is 282 g/mol. The molecule has 0 radical (unpaired) electrons. The van der Waals surface area contributed by atoms with E-state index in [1.54, 1.807) is 26.0 Å². The lowest BCUT2D eigenvalue weighted by molar-refractivity contribution is -0.144. The Morgan fingerprint density at radius 2 is 2.15 bits per heavy atom. The molecule has 0 fully saturated rings. The second-order valence-corrected chi connectivity index (χ2v) is 6.21. The lowest BCUT2D eigenvalue weighted by Crippen LogP contribution is -2.37. The van der Waals surface area contributed by atoms with Gasteiger partial charge in [0.05, 0.1) is 25.8 Å². The molecule has 0 bridgehead atoms. The van der Waals surface area contributed by atoms with E-state index in [9.17, 15) is 13.8 Å². The number of esters is 1. The van der Waals surface area contributed by atoms with Crippen LogP contribution in [-0.2, 0) is 31.7 Å². The minimum absolute atomic E-state index is 0.0992. The summed E-state index contributed by atoms with van der Waals surface area (Å²) in [5.74, 6) is -0.541. The average Bonchev–Trinajstić information content (AvgIpc) is 2.95. The molecule has 0 aliphatic carbocycles. The third-order valence-electron chi connectivity index (χ3n) is 2.80. The Morgan fingerprint density at radius 1 is 1.45 bits per heavy atom. The summed E-state index contributed by atoms with van der Waals surface area (Å²) in [6, 6.07) is 3.46. The molecule has 0 saturated heterocycles. The summed E-state index contributed by atoms with van der Waals surface area (Å²) >= 11 is 0. The highest BCUT2D eigenvalue weighted by molar-refractivity contribution is 7.86. The molecule has 6 nitrogen and oxygen atoms in total. The lowest BCUT2D eigenvalue weighted by Gasteiger charge is -2.14. The number of carbonyl (C=O) groups excluding carboxylic acids is 2. The van der Waals surface area contributed by atoms with Crippen LogP contribution in [0.25, 0.3) is 0 Å². The van der Waals surface area contributed by atoms with Crippen LogP contribution in [0.1, 0.15) is 19.6 Å². The van der Waals surface area contributed by atoms with E-state index < -0.39 is 27.9 Å². The van der Waals surface area contributed by atoms with Crippen molar-refractivity contribution < 1.29 is 23.0 Å². The van der Waals surface area contributed by atoms with E-state index in [0.717, 1.165) is 0 Å². The third-order valence-corrected chi connectivity index (χ3v) is 4.63. The van der Waals surface area contributed by atoms with Crippen molar-refractivity contribution in [3.05, 3.63) is 24.2 Å². The van der Waals surface area contributed by atoms with Crippen LogP contribution in [0.3, 0.4) is 0 Å². The summed E-state index contributed by atoms with van der Waals surface area (Å²) in [4.78, 5) is 23.1. The molecule has 0 aliphatic heterocycles. The van der Waals surface area contributed by atoms with Gasteiger partial charge < -0.3 is 14.5 Å². The molecule has 20 heavy (non-hydrogen) atoms. The van der Waals surface area contributed by atoms with Gasteiger partial charge in [-0.2, -0.15) is 0 Å². The fourth-order valence-corrected chi connectivity index (χ4v) is 2.75. The Bertz CT molecular complexity index is 471. The summed E-state index contributed by atoms with van der Waals surface area (Å²) in [6.07, 6.45) is 1.51. The van der Waals surface area contributed by atoms with Crippen molar-refractivity contribution in [3.8, 4) is 0 Å². The van der Waals surface area contributed by atoms with Crippen molar-refractivity contribution in [2.45, 2.75) is 25.6 Å². The number of nitrogens with one attached hydrogen (secondary N) is 1. The van der Waals surface area contributed by atoms with Crippen molar-refractivity contribution in [2.75, 3.05) is 12.9 Å². The highest BCUT2D eigenvalue weighted by atomic mass is 32.2. The van der Waals surface area contributed by atoms with Crippen LogP contribution >= 0.6 is 0 Å². The van der Waals surface area contributed by atoms with Crippen molar-refractivity contribution in [3.63, 3.8) is 0 Å². The lowest BCUT2D eigenvalue weighted by atomic mass is 10.2. The van der Waals surface area contributed by atoms with Gasteiger partial charge in [-0.3, -0.25) is 13.8 Å². The summed E-state index contributed by atoms with van der Waals surface area (Å²) in [5.41, 5.74) is 0. The molecule has 1 aromatic rings. The van der Waals surface area contributed by atoms with Crippen molar-refractivity contribution in [2.24, 2.45) is 5.92 Å². The first-order chi connectivity index (χ1) is 9.45. The quantitative estimate of drug-likeness (QED) is 0.754. The topological polar surface area (TPSA) is 85.6 Å². The van der Waals surface area contributed by atoms with Crippen molar-refractivity contribution in [1.29, 1.82) is 0 Å². The van der Waals surface area contributed by atoms with E-state index >= 15 is 0 Å². The van der Waals surface area contributed by atoms with Crippen LogP contribution < -0.4 is 5.32 Å². The Hall–Kier alpha value is -1.63. The molecule has 1 N–H and O–H groups in total. The van der Waals surface area contributed by atoms with Crippen molar-refractivity contribution in [1.82, 2.24) is 5.32 Å². The zero-order valence-corrected chi connectivity index (χ0v) is 12.6. The average molecular weight is 301 g/mol. The molecule has 0 aliphatic rings. The summed E-state index contributed by atoms with van der Waals surface area (Å²) in [7, 11) is -0.160. The maximum Gasteiger partial charge on any atom is 0.309 e. The molecular formula is C13H19NO5S. The van der Waals surface area contributed by atoms with Gasteiger partial charge in [-0.15, -0.1) is 0 Å². The van der Waals surface area contributed by atoms with Crippen LogP contribution in [0.2, 0.25) is 0 Å². The van der Waals surface area contributed by atoms with Gasteiger partial charge in [0, 0.05) is 16.6 Å². The van der Waals surface area contributed by atoms with E-state index in [1.165, 1.54) is 13.4 Å². The van der Waals surface area contributed by atoms with Gasteiger partial charge >= 0.3 is 5.97 Å². The fourth-order valence-electron chi connectivity index (χ4n) is 1.51. The minimum Gasteiger partial charge on any atom is -0.469 e. The molecule has 1 aromatic heterocycles. The number of hydrogen-bond donors (Lipinski definition) is 1. The van der Waals surface area contributed by atoms with E-state index in [2.05, 4.69) is 10.1 Å². The Morgan fingerprint density at radius 3 is 2.70 bits per heavy atom. The molecule has 3 atom stereocenters. The van der Waals surface area contributed by atoms with Gasteiger partial charge in [0.1, 0.15) is 11.0 Å². The normalized spacial score (nSPS) is 15.2. The van der Waals surface area contributed by atoms with Crippen LogP contribution in [-0.4, -0.2) is 34.2 Å². The highest BCUT2D eigenvalue weighted by Crippen LogP contribution is 2.06. The Balaban J connectivity index is 2.43. The van der Waals surface area contributed by atoms with Crippen molar-refractivity contribution >= 4 is 22.7 Å². The van der Waals surface area contributed by atoms with Gasteiger partial charge in [0.25, 0.3) is 0 Å². The van der Waals surface area contributed by atoms with Gasteiger partial charge in [0.2, 0.25) is 5.91 Å². The minimum atomic E-state index is -1.44. The number of ether oxygens (including phenoxy) is 1. The number of rotatable bonds is 7. The van der Waals surface area contributed by atoms with Gasteiger partial charge in [0.15, 0.2) is 0 Å². The zero-order chi connectivity index (χ0) is 15.1. The SMILES string of the molecule is COC(=O)C(C)CS(=O)C(C)C(=O)NCc1ccco1. The number of amides is 1. The first-order valence-corrected chi connectivity index (χ1v) is 7.59. The predicted octanol–water partition coefficient (Wildman–Crippen LogP) is 0.842. The van der Waals surface area contributed by atoms with Gasteiger partial charge in [-0.25, -0.2) is 0 Å². The van der Waals surface area contributed by atoms with E-state index in [0.29, 0.717) is 5.76 Å². The largest absolute Gasteiger partial charge is 0.469 e. The van der Waals surface area contributed by atoms with Crippen LogP contribution in [0, 0.1) is 5.92 Å². The molecule has 112 valence electrons. The molecule has 3 unspecified atom stereocenters. The first-order valence-electron chi connectivity index (χ1n) is 6.20. The molecule has 1 rings (SSSR count). The van der Waals surface area contributed by atoms with E-state index in [4.69, 9.17) is 4.42 Å². The number of methoxy groups -OCH3 is 1. The summed E-state index contributed by atoms with van der Waals surface area (Å²) < 4.78 is 21.6. The third kappa shape index (κ3) is 4.80. The maximum atomic E-state index is 12.0. The summed E-state index contributed by atoms with van der Waals surface area (Å²) in [5, 5.41) is 1.94. The van der Waals surface area contributed by atoms with Gasteiger partial charge in [-0.1, -0.05) is 6.92 Å². The fraction of sp³-hybridized carbons (Fsp3) is 0.538. The standard InChI is InChI=1S/C13H19NO5S/c1-9(13(16)18-3)8-20(17)10(2)12(15)14-7-11-5-4-6-19-11/h4-6,9-10H,7-8H2,1-3H3,(H,14,15). The second kappa shape index (κ2) is 7.84. The number of furan rings is 1. The molecule has 0 saturated carbocycles. The highest BCUT2D eigenvalue weighted by Gasteiger charge is 2.24. The molecule has 0 aromatic carbocycles. The Labute approximate surface area is 120 Å². The van der Waals surface area contributed by atoms with Crippen LogP contribution in [0.15, 0.2) is 22.8 Å².